The summed E-state index contributed by atoms with van der Waals surface area (Å²) in [4.78, 5) is 27.2. The minimum Gasteiger partial charge on any atom is -0.251 e. The first-order valence-electron chi connectivity index (χ1n) is 4.37. The van der Waals surface area contributed by atoms with Crippen molar-refractivity contribution in [2.24, 2.45) is 10.2 Å². The predicted molar refractivity (Wildman–Crippen MR) is 52.0 cm³/mol. The maximum atomic E-state index is 11.2. The molecule has 7 nitrogen and oxygen atoms in total. The van der Waals surface area contributed by atoms with Crippen LogP contribution in [-0.4, -0.2) is 17.3 Å². The van der Waals surface area contributed by atoms with E-state index in [9.17, 15) is 9.59 Å². The highest BCUT2D eigenvalue weighted by Gasteiger charge is 2.28. The van der Waals surface area contributed by atoms with Crippen molar-refractivity contribution in [3.8, 4) is 0 Å². The first-order chi connectivity index (χ1) is 7.72. The second kappa shape index (κ2) is 4.17. The zero-order valence-electron chi connectivity index (χ0n) is 8.03. The van der Waals surface area contributed by atoms with Crippen LogP contribution >= 0.6 is 0 Å². The molecule has 0 saturated carbocycles. The largest absolute Gasteiger partial charge is 0.375 e. The average Bonchev–Trinajstić information content (AvgIpc) is 2.61. The average molecular weight is 221 g/mol. The molecule has 1 aliphatic heterocycles. The molecule has 0 fully saturated rings. The van der Waals surface area contributed by atoms with Gasteiger partial charge in [-0.3, -0.25) is 5.26 Å². The molecule has 0 aliphatic carbocycles. The molecule has 1 aliphatic rings. The highest BCUT2D eigenvalue weighted by molar-refractivity contribution is 6.17. The molecule has 1 heterocycles. The van der Waals surface area contributed by atoms with Gasteiger partial charge in [0, 0.05) is 0 Å². The van der Waals surface area contributed by atoms with Crippen molar-refractivity contribution in [1.82, 2.24) is 0 Å². The number of imide groups is 1. The zero-order valence-corrected chi connectivity index (χ0v) is 8.03. The molecule has 0 radical (unpaired) electrons. The number of amides is 4. The number of carbonyl (C=O) groups excluding carboxylic acids is 2. The lowest BCUT2D eigenvalue weighted by Gasteiger charge is -2.10. The fourth-order valence-electron chi connectivity index (χ4n) is 1.29. The summed E-state index contributed by atoms with van der Waals surface area (Å²) in [6.07, 6.45) is 0. The van der Waals surface area contributed by atoms with Gasteiger partial charge in [0.2, 0.25) is 0 Å². The highest BCUT2D eigenvalue weighted by Crippen LogP contribution is 2.20. The number of urea groups is 2. The summed E-state index contributed by atoms with van der Waals surface area (Å²) in [6, 6.07) is 4.89. The highest BCUT2D eigenvalue weighted by atomic mass is 17.1. The molecule has 0 aromatic heterocycles. The molecule has 4 amide bonds. The van der Waals surface area contributed by atoms with E-state index in [0.717, 1.165) is 4.90 Å². The summed E-state index contributed by atoms with van der Waals surface area (Å²) in [6.45, 7) is 0.0386. The number of anilines is 1. The van der Waals surface area contributed by atoms with Crippen LogP contribution in [0.2, 0.25) is 0 Å². The zero-order chi connectivity index (χ0) is 11.5. The maximum absolute atomic E-state index is 11.2. The van der Waals surface area contributed by atoms with Crippen molar-refractivity contribution in [1.29, 1.82) is 0 Å². The number of benzene rings is 1. The fourth-order valence-corrected chi connectivity index (χ4v) is 1.29. The molecular weight excluding hydrogens is 214 g/mol. The van der Waals surface area contributed by atoms with Gasteiger partial charge in [0.05, 0.1) is 5.69 Å². The molecule has 0 unspecified atom stereocenters. The van der Waals surface area contributed by atoms with Gasteiger partial charge in [-0.2, -0.15) is 0 Å². The maximum Gasteiger partial charge on any atom is 0.375 e. The summed E-state index contributed by atoms with van der Waals surface area (Å²) in [7, 11) is 0. The van der Waals surface area contributed by atoms with Crippen molar-refractivity contribution in [3.63, 3.8) is 0 Å². The van der Waals surface area contributed by atoms with E-state index in [0.29, 0.717) is 11.3 Å². The predicted octanol–water partition coefficient (Wildman–Crippen LogP) is 2.19. The Balaban J connectivity index is 2.22. The first-order valence-corrected chi connectivity index (χ1v) is 4.37. The Bertz CT molecular complexity index is 436. The third-order valence-electron chi connectivity index (χ3n) is 2.03. The van der Waals surface area contributed by atoms with Crippen LogP contribution in [0.3, 0.4) is 0 Å². The molecule has 1 N–H and O–H groups in total. The van der Waals surface area contributed by atoms with Crippen LogP contribution in [0.25, 0.3) is 0 Å². The second-order valence-corrected chi connectivity index (χ2v) is 3.04. The van der Waals surface area contributed by atoms with Crippen molar-refractivity contribution in [3.05, 3.63) is 29.8 Å². The molecular formula is C9H7N3O4. The van der Waals surface area contributed by atoms with E-state index in [4.69, 9.17) is 5.26 Å². The molecule has 0 atom stereocenters. The second-order valence-electron chi connectivity index (χ2n) is 3.04. The molecule has 0 saturated heterocycles. The molecule has 1 aromatic carbocycles. The molecule has 0 spiro atoms. The van der Waals surface area contributed by atoms with Crippen LogP contribution in [-0.2, 0) is 11.5 Å². The molecule has 1 aromatic rings. The lowest BCUT2D eigenvalue weighted by molar-refractivity contribution is -0.253. The van der Waals surface area contributed by atoms with Gasteiger partial charge in [-0.25, -0.2) is 19.4 Å². The van der Waals surface area contributed by atoms with E-state index in [1.54, 1.807) is 24.3 Å². The smallest absolute Gasteiger partial charge is 0.251 e. The summed E-state index contributed by atoms with van der Waals surface area (Å²) in [5.74, 6) is 0. The first kappa shape index (κ1) is 10.4. The van der Waals surface area contributed by atoms with Crippen LogP contribution < -0.4 is 4.90 Å². The Morgan fingerprint density at radius 2 is 1.69 bits per heavy atom. The topological polar surface area (TPSA) is 91.6 Å². The lowest BCUT2D eigenvalue weighted by Crippen LogP contribution is -2.27. The van der Waals surface area contributed by atoms with Gasteiger partial charge in [0.1, 0.15) is 6.61 Å². The molecule has 7 heteroatoms. The number of hydrogen-bond acceptors (Lipinski definition) is 4. The summed E-state index contributed by atoms with van der Waals surface area (Å²) in [5.41, 5.74) is 1.08. The molecule has 82 valence electrons. The van der Waals surface area contributed by atoms with Gasteiger partial charge >= 0.3 is 12.1 Å². The minimum absolute atomic E-state index is 0.0386. The quantitative estimate of drug-likeness (QED) is 0.625. The van der Waals surface area contributed by atoms with Gasteiger partial charge in [-0.05, 0) is 17.7 Å². The lowest BCUT2D eigenvalue weighted by atomic mass is 10.2. The van der Waals surface area contributed by atoms with Gasteiger partial charge in [0.15, 0.2) is 0 Å². The Labute approximate surface area is 89.9 Å². The van der Waals surface area contributed by atoms with E-state index >= 15 is 0 Å². The minimum atomic E-state index is -0.712. The van der Waals surface area contributed by atoms with E-state index < -0.39 is 12.1 Å². The van der Waals surface area contributed by atoms with Gasteiger partial charge in [-0.15, -0.1) is 0 Å². The third-order valence-corrected chi connectivity index (χ3v) is 2.03. The normalized spacial score (nSPS) is 14.9. The van der Waals surface area contributed by atoms with Crippen molar-refractivity contribution in [2.75, 3.05) is 4.90 Å². The monoisotopic (exact) mass is 221 g/mol. The summed E-state index contributed by atoms with van der Waals surface area (Å²) >= 11 is 0. The van der Waals surface area contributed by atoms with E-state index in [1.165, 1.54) is 0 Å². The molecule has 0 bridgehead atoms. The van der Waals surface area contributed by atoms with Crippen LogP contribution in [0.15, 0.2) is 34.5 Å². The number of carbonyl (C=O) groups is 2. The summed E-state index contributed by atoms with van der Waals surface area (Å²) in [5, 5.41) is 14.5. The van der Waals surface area contributed by atoms with Crippen molar-refractivity contribution in [2.45, 2.75) is 6.61 Å². The van der Waals surface area contributed by atoms with E-state index in [2.05, 4.69) is 15.1 Å². The van der Waals surface area contributed by atoms with Crippen LogP contribution in [0.5, 0.6) is 0 Å². The fraction of sp³-hybridized carbons (Fsp3) is 0.111. The Kier molecular flexibility index (Phi) is 2.71. The number of hydrogen-bond donors (Lipinski definition) is 1. The molecule has 2 rings (SSSR count). The van der Waals surface area contributed by atoms with Crippen LogP contribution in [0.4, 0.5) is 15.3 Å². The Hall–Kier alpha value is -2.12. The van der Waals surface area contributed by atoms with Gasteiger partial charge in [0.25, 0.3) is 0 Å². The van der Waals surface area contributed by atoms with Crippen molar-refractivity contribution < 1.29 is 19.7 Å². The van der Waals surface area contributed by atoms with E-state index in [-0.39, 0.29) is 6.61 Å². The molecule has 16 heavy (non-hydrogen) atoms. The van der Waals surface area contributed by atoms with Crippen molar-refractivity contribution >= 4 is 17.7 Å². The van der Waals surface area contributed by atoms with Gasteiger partial charge in [-0.1, -0.05) is 22.4 Å². The van der Waals surface area contributed by atoms with Gasteiger partial charge < -0.3 is 0 Å². The van der Waals surface area contributed by atoms with Crippen LogP contribution in [0.1, 0.15) is 5.56 Å². The van der Waals surface area contributed by atoms with E-state index in [1.807, 2.05) is 0 Å². The SMILES string of the molecule is O=C1N=NC(=O)N1c1ccc(COO)cc1. The Morgan fingerprint density at radius 3 is 2.19 bits per heavy atom. The van der Waals surface area contributed by atoms with Crippen LogP contribution in [0, 0.1) is 0 Å². The number of rotatable bonds is 3. The standard InChI is InChI=1S/C9H7N3O4/c13-8-10-11-9(14)12(8)7-3-1-6(2-4-7)5-16-15/h1-4,15H,5H2. The summed E-state index contributed by atoms with van der Waals surface area (Å²) < 4.78 is 0. The Morgan fingerprint density at radius 1 is 1.12 bits per heavy atom. The third kappa shape index (κ3) is 1.81. The number of azo groups is 1. The number of nitrogens with zero attached hydrogens (tertiary/aromatic N) is 3.